The molecule has 1 saturated heterocycles. The lowest BCUT2D eigenvalue weighted by Crippen LogP contribution is -2.23. The molecular formula is C9H12O2. The van der Waals surface area contributed by atoms with Gasteiger partial charge in [-0.3, -0.25) is 4.79 Å². The molecule has 2 aliphatic carbocycles. The molecule has 0 unspecified atom stereocenters. The number of hydrogen-bond acceptors (Lipinski definition) is 2. The molecular weight excluding hydrogens is 140 g/mol. The van der Waals surface area contributed by atoms with E-state index in [9.17, 15) is 4.79 Å². The van der Waals surface area contributed by atoms with Crippen LogP contribution in [0.15, 0.2) is 0 Å². The largest absolute Gasteiger partial charge is 0.462 e. The molecule has 5 atom stereocenters. The lowest BCUT2D eigenvalue weighted by molar-refractivity contribution is -0.143. The van der Waals surface area contributed by atoms with Crippen molar-refractivity contribution < 1.29 is 9.53 Å². The molecule has 0 amide bonds. The first kappa shape index (κ1) is 6.04. The Morgan fingerprint density at radius 1 is 1.45 bits per heavy atom. The molecule has 0 aromatic rings. The zero-order chi connectivity index (χ0) is 7.59. The van der Waals surface area contributed by atoms with E-state index in [1.807, 2.05) is 0 Å². The highest BCUT2D eigenvalue weighted by Crippen LogP contribution is 2.57. The molecule has 0 N–H and O–H groups in total. The maximum Gasteiger partial charge on any atom is 0.309 e. The van der Waals surface area contributed by atoms with Crippen LogP contribution in [-0.4, -0.2) is 12.1 Å². The van der Waals surface area contributed by atoms with Crippen molar-refractivity contribution in [2.24, 2.45) is 23.7 Å². The Morgan fingerprint density at radius 3 is 2.91 bits per heavy atom. The summed E-state index contributed by atoms with van der Waals surface area (Å²) >= 11 is 0. The molecule has 0 radical (unpaired) electrons. The normalized spacial score (nSPS) is 58.6. The van der Waals surface area contributed by atoms with Crippen molar-refractivity contribution in [2.45, 2.75) is 25.9 Å². The van der Waals surface area contributed by atoms with Crippen LogP contribution in [0, 0.1) is 23.7 Å². The van der Waals surface area contributed by atoms with Crippen molar-refractivity contribution in [3.8, 4) is 0 Å². The third-order valence-corrected chi connectivity index (χ3v) is 3.90. The Balaban J connectivity index is 2.05. The van der Waals surface area contributed by atoms with Crippen LogP contribution in [-0.2, 0) is 9.53 Å². The minimum Gasteiger partial charge on any atom is -0.462 e. The van der Waals surface area contributed by atoms with Crippen LogP contribution < -0.4 is 0 Å². The molecule has 1 heterocycles. The fourth-order valence-electron chi connectivity index (χ4n) is 3.31. The highest BCUT2D eigenvalue weighted by atomic mass is 16.6. The van der Waals surface area contributed by atoms with Crippen LogP contribution >= 0.6 is 0 Å². The fourth-order valence-corrected chi connectivity index (χ4v) is 3.31. The van der Waals surface area contributed by atoms with Gasteiger partial charge >= 0.3 is 5.97 Å². The maximum atomic E-state index is 11.3. The van der Waals surface area contributed by atoms with Gasteiger partial charge < -0.3 is 4.74 Å². The van der Waals surface area contributed by atoms with Crippen molar-refractivity contribution in [3.05, 3.63) is 0 Å². The van der Waals surface area contributed by atoms with E-state index in [0.29, 0.717) is 17.9 Å². The second-order valence-corrected chi connectivity index (χ2v) is 4.26. The first-order valence-corrected chi connectivity index (χ1v) is 4.48. The molecule has 3 fully saturated rings. The molecule has 2 heteroatoms. The summed E-state index contributed by atoms with van der Waals surface area (Å²) in [4.78, 5) is 11.3. The van der Waals surface area contributed by atoms with E-state index in [1.54, 1.807) is 0 Å². The summed E-state index contributed by atoms with van der Waals surface area (Å²) in [6.07, 6.45) is 2.71. The molecule has 3 rings (SSSR count). The second kappa shape index (κ2) is 1.62. The lowest BCUT2D eigenvalue weighted by atomic mass is 9.81. The second-order valence-electron chi connectivity index (χ2n) is 4.26. The van der Waals surface area contributed by atoms with Gasteiger partial charge in [-0.25, -0.2) is 0 Å². The van der Waals surface area contributed by atoms with Gasteiger partial charge in [0.15, 0.2) is 0 Å². The van der Waals surface area contributed by atoms with Crippen LogP contribution in [0.5, 0.6) is 0 Å². The van der Waals surface area contributed by atoms with Crippen molar-refractivity contribution in [3.63, 3.8) is 0 Å². The van der Waals surface area contributed by atoms with Gasteiger partial charge in [0.2, 0.25) is 0 Å². The highest BCUT2D eigenvalue weighted by Gasteiger charge is 2.60. The zero-order valence-corrected chi connectivity index (χ0v) is 6.62. The van der Waals surface area contributed by atoms with Crippen molar-refractivity contribution in [1.82, 2.24) is 0 Å². The maximum absolute atomic E-state index is 11.3. The van der Waals surface area contributed by atoms with E-state index in [0.717, 1.165) is 12.3 Å². The Morgan fingerprint density at radius 2 is 2.27 bits per heavy atom. The lowest BCUT2D eigenvalue weighted by Gasteiger charge is -2.19. The van der Waals surface area contributed by atoms with Gasteiger partial charge in [0, 0.05) is 5.92 Å². The van der Waals surface area contributed by atoms with Crippen LogP contribution in [0.3, 0.4) is 0 Å². The van der Waals surface area contributed by atoms with Gasteiger partial charge in [-0.15, -0.1) is 0 Å². The van der Waals surface area contributed by atoms with Crippen LogP contribution in [0.25, 0.3) is 0 Å². The average Bonchev–Trinajstić information content (AvgIpc) is 2.47. The predicted molar refractivity (Wildman–Crippen MR) is 38.7 cm³/mol. The van der Waals surface area contributed by atoms with Crippen LogP contribution in [0.4, 0.5) is 0 Å². The molecule has 60 valence electrons. The summed E-state index contributed by atoms with van der Waals surface area (Å²) in [6.45, 7) is 2.21. The molecule has 3 aliphatic rings. The summed E-state index contributed by atoms with van der Waals surface area (Å²) in [5.74, 6) is 2.36. The number of hydrogen-bond donors (Lipinski definition) is 0. The van der Waals surface area contributed by atoms with Crippen molar-refractivity contribution in [2.75, 3.05) is 0 Å². The van der Waals surface area contributed by atoms with Crippen molar-refractivity contribution in [1.29, 1.82) is 0 Å². The zero-order valence-electron chi connectivity index (χ0n) is 6.62. The summed E-state index contributed by atoms with van der Waals surface area (Å²) in [5, 5.41) is 0. The number of ether oxygens (including phenoxy) is 1. The van der Waals surface area contributed by atoms with Gasteiger partial charge in [-0.1, -0.05) is 6.92 Å². The third kappa shape index (κ3) is 0.534. The molecule has 2 nitrogen and oxygen atoms in total. The van der Waals surface area contributed by atoms with E-state index in [1.165, 1.54) is 6.42 Å². The first-order chi connectivity index (χ1) is 5.27. The Kier molecular flexibility index (Phi) is 0.890. The topological polar surface area (TPSA) is 26.3 Å². The summed E-state index contributed by atoms with van der Waals surface area (Å²) in [7, 11) is 0. The minimum atomic E-state index is 0.0903. The van der Waals surface area contributed by atoms with E-state index in [4.69, 9.17) is 4.74 Å². The van der Waals surface area contributed by atoms with Gasteiger partial charge in [0.05, 0.1) is 5.92 Å². The Bertz CT molecular complexity index is 222. The smallest absolute Gasteiger partial charge is 0.309 e. The Hall–Kier alpha value is -0.530. The number of carbonyl (C=O) groups is 1. The monoisotopic (exact) mass is 152 g/mol. The van der Waals surface area contributed by atoms with E-state index >= 15 is 0 Å². The standard InChI is InChI=1S/C9H12O2/c1-4-5-2-6-7(3-5)11-9(10)8(4)6/h4-8H,2-3H2,1H3/t4-,5-,6+,7-,8-/m1/s1. The SMILES string of the molecule is C[C@@H]1[C@@H]2C[C@@H]3[C@@H]1C(=O)O[C@@H]3C2. The van der Waals surface area contributed by atoms with E-state index < -0.39 is 0 Å². The molecule has 0 aromatic carbocycles. The summed E-state index contributed by atoms with van der Waals surface area (Å²) in [6, 6.07) is 0. The number of rotatable bonds is 0. The number of esters is 1. The van der Waals surface area contributed by atoms with Crippen LogP contribution in [0.1, 0.15) is 19.8 Å². The first-order valence-electron chi connectivity index (χ1n) is 4.48. The molecule has 0 spiro atoms. The average molecular weight is 152 g/mol. The molecule has 0 aromatic heterocycles. The third-order valence-electron chi connectivity index (χ3n) is 3.90. The quantitative estimate of drug-likeness (QED) is 0.487. The summed E-state index contributed by atoms with van der Waals surface area (Å²) in [5.41, 5.74) is 0. The Labute approximate surface area is 65.9 Å². The fraction of sp³-hybridized carbons (Fsp3) is 0.889. The predicted octanol–water partition coefficient (Wildman–Crippen LogP) is 1.20. The summed E-state index contributed by atoms with van der Waals surface area (Å²) < 4.78 is 5.27. The molecule has 1 aliphatic heterocycles. The number of carbonyl (C=O) groups excluding carboxylic acids is 1. The van der Waals surface area contributed by atoms with Gasteiger partial charge in [-0.2, -0.15) is 0 Å². The van der Waals surface area contributed by atoms with Gasteiger partial charge in [0.25, 0.3) is 0 Å². The number of fused-ring (bicyclic) bond motifs is 1. The van der Waals surface area contributed by atoms with Crippen molar-refractivity contribution >= 4 is 5.97 Å². The van der Waals surface area contributed by atoms with E-state index in [-0.39, 0.29) is 11.9 Å². The highest BCUT2D eigenvalue weighted by molar-refractivity contribution is 5.76. The molecule has 11 heavy (non-hydrogen) atoms. The van der Waals surface area contributed by atoms with Crippen LogP contribution in [0.2, 0.25) is 0 Å². The minimum absolute atomic E-state index is 0.0903. The molecule has 2 saturated carbocycles. The van der Waals surface area contributed by atoms with E-state index in [2.05, 4.69) is 6.92 Å². The molecule has 2 bridgehead atoms. The van der Waals surface area contributed by atoms with Gasteiger partial charge in [-0.05, 0) is 24.7 Å². The van der Waals surface area contributed by atoms with Gasteiger partial charge in [0.1, 0.15) is 6.10 Å².